The number of rotatable bonds is 5. The Morgan fingerprint density at radius 3 is 2.83 bits per heavy atom. The van der Waals surface area contributed by atoms with Gasteiger partial charge in [0.1, 0.15) is 17.2 Å². The summed E-state index contributed by atoms with van der Waals surface area (Å²) in [6.45, 7) is 1.98. The maximum absolute atomic E-state index is 11.8. The van der Waals surface area contributed by atoms with Gasteiger partial charge in [-0.25, -0.2) is 9.67 Å². The van der Waals surface area contributed by atoms with E-state index in [1.807, 2.05) is 83.7 Å². The molecule has 1 aliphatic rings. The first kappa shape index (κ1) is 23.1. The second-order valence-corrected chi connectivity index (χ2v) is 9.49. The zero-order valence-corrected chi connectivity index (χ0v) is 21.4. The van der Waals surface area contributed by atoms with Crippen LogP contribution in [0.25, 0.3) is 11.3 Å². The zero-order chi connectivity index (χ0) is 24.4. The lowest BCUT2D eigenvalue weighted by molar-refractivity contribution is -0.118. The number of methoxy groups -OCH3 is 1. The molecule has 0 saturated heterocycles. The number of fused-ring (bicyclic) bond motifs is 1. The van der Waals surface area contributed by atoms with Gasteiger partial charge < -0.3 is 14.8 Å². The second kappa shape index (κ2) is 9.89. The van der Waals surface area contributed by atoms with Crippen molar-refractivity contribution in [3.8, 4) is 22.8 Å². The Hall–Kier alpha value is -3.69. The molecule has 1 amide bonds. The predicted octanol–water partition coefficient (Wildman–Crippen LogP) is 5.82. The van der Waals surface area contributed by atoms with Gasteiger partial charge in [0.05, 0.1) is 24.2 Å². The highest BCUT2D eigenvalue weighted by Gasteiger charge is 2.18. The summed E-state index contributed by atoms with van der Waals surface area (Å²) in [6, 6.07) is 21.3. The number of nitrogens with one attached hydrogen (secondary N) is 1. The Bertz CT molecular complexity index is 1520. The number of para-hydroxylation sites is 2. The smallest absolute Gasteiger partial charge is 0.262 e. The highest BCUT2D eigenvalue weighted by molar-refractivity contribution is 9.10. The summed E-state index contributed by atoms with van der Waals surface area (Å²) in [6.07, 6.45) is 0. The lowest BCUT2D eigenvalue weighted by atomic mass is 10.1. The Kier molecular flexibility index (Phi) is 6.52. The van der Waals surface area contributed by atoms with Crippen molar-refractivity contribution in [2.75, 3.05) is 19.0 Å². The van der Waals surface area contributed by atoms with E-state index in [0.29, 0.717) is 27.7 Å². The van der Waals surface area contributed by atoms with Crippen LogP contribution in [0.1, 0.15) is 12.5 Å². The number of ether oxygens (including phenoxy) is 2. The summed E-state index contributed by atoms with van der Waals surface area (Å²) in [7, 11) is 1.63. The van der Waals surface area contributed by atoms with E-state index in [9.17, 15) is 4.79 Å². The van der Waals surface area contributed by atoms with Gasteiger partial charge >= 0.3 is 0 Å². The highest BCUT2D eigenvalue weighted by atomic mass is 79.9. The van der Waals surface area contributed by atoms with Crippen molar-refractivity contribution in [3.05, 3.63) is 86.9 Å². The quantitative estimate of drug-likeness (QED) is 0.319. The number of nitrogens with zero attached hydrogens (tertiary/aromatic N) is 3. The summed E-state index contributed by atoms with van der Waals surface area (Å²) >= 11 is 5.00. The molecule has 5 rings (SSSR count). The average molecular weight is 549 g/mol. The maximum atomic E-state index is 11.8. The molecule has 35 heavy (non-hydrogen) atoms. The highest BCUT2D eigenvalue weighted by Crippen LogP contribution is 2.33. The number of carbonyl (C=O) groups excluding carboxylic acids is 1. The summed E-state index contributed by atoms with van der Waals surface area (Å²) in [4.78, 5) is 17.4. The van der Waals surface area contributed by atoms with Crippen molar-refractivity contribution in [3.63, 3.8) is 0 Å². The van der Waals surface area contributed by atoms with Crippen molar-refractivity contribution in [1.29, 1.82) is 0 Å². The van der Waals surface area contributed by atoms with Gasteiger partial charge in [-0.3, -0.25) is 4.79 Å². The Morgan fingerprint density at radius 1 is 1.14 bits per heavy atom. The fraction of sp³-hybridized carbons (Fsp3) is 0.115. The molecule has 2 heterocycles. The van der Waals surface area contributed by atoms with Crippen LogP contribution in [0.4, 0.5) is 11.4 Å². The SMILES string of the molecule is COc1ccccc1N=c1scc(-c2ccc3c(c2)NC(=O)CO3)n1/N=C(/C)c1cccc(Br)c1. The Balaban J connectivity index is 1.69. The summed E-state index contributed by atoms with van der Waals surface area (Å²) in [5.74, 6) is 1.14. The van der Waals surface area contributed by atoms with Gasteiger partial charge in [0.15, 0.2) is 6.61 Å². The number of halogens is 1. The first-order valence-electron chi connectivity index (χ1n) is 10.8. The van der Waals surface area contributed by atoms with Crippen molar-refractivity contribution in [2.45, 2.75) is 6.92 Å². The zero-order valence-electron chi connectivity index (χ0n) is 19.0. The van der Waals surface area contributed by atoms with Crippen LogP contribution in [0.5, 0.6) is 11.5 Å². The third-order valence-electron chi connectivity index (χ3n) is 5.39. The minimum absolute atomic E-state index is 0.0167. The van der Waals surface area contributed by atoms with Crippen LogP contribution < -0.4 is 19.6 Å². The molecule has 9 heteroatoms. The number of thiazole rings is 1. The molecule has 176 valence electrons. The van der Waals surface area contributed by atoms with Crippen molar-refractivity contribution >= 4 is 50.3 Å². The third-order valence-corrected chi connectivity index (χ3v) is 6.70. The first-order chi connectivity index (χ1) is 17.0. The number of amides is 1. The molecule has 0 saturated carbocycles. The largest absolute Gasteiger partial charge is 0.494 e. The lowest BCUT2D eigenvalue weighted by Crippen LogP contribution is -2.25. The fourth-order valence-electron chi connectivity index (χ4n) is 3.66. The number of hydrogen-bond acceptors (Lipinski definition) is 6. The van der Waals surface area contributed by atoms with Crippen LogP contribution in [-0.4, -0.2) is 30.0 Å². The molecule has 0 bridgehead atoms. The molecular weight excluding hydrogens is 528 g/mol. The summed E-state index contributed by atoms with van der Waals surface area (Å²) in [5, 5.41) is 9.83. The average Bonchev–Trinajstić information content (AvgIpc) is 3.25. The molecule has 0 radical (unpaired) electrons. The molecule has 3 aromatic carbocycles. The van der Waals surface area contributed by atoms with Gasteiger partial charge in [-0.15, -0.1) is 11.3 Å². The molecule has 0 fully saturated rings. The van der Waals surface area contributed by atoms with E-state index in [4.69, 9.17) is 19.6 Å². The standard InChI is InChI=1S/C26H21BrN4O3S/c1-16(17-6-5-7-19(27)12-17)30-31-22(18-10-11-24-21(13-18)28-25(32)14-34-24)15-35-26(31)29-20-8-3-4-9-23(20)33-2/h3-13,15H,14H2,1-2H3,(H,28,32)/b29-26?,30-16-. The number of hydrogen-bond donors (Lipinski definition) is 1. The van der Waals surface area contributed by atoms with E-state index >= 15 is 0 Å². The van der Waals surface area contributed by atoms with Gasteiger partial charge in [-0.2, -0.15) is 5.10 Å². The molecule has 7 nitrogen and oxygen atoms in total. The van der Waals surface area contributed by atoms with Crippen LogP contribution in [0.3, 0.4) is 0 Å². The van der Waals surface area contributed by atoms with E-state index in [1.165, 1.54) is 11.3 Å². The lowest BCUT2D eigenvalue weighted by Gasteiger charge is -2.18. The number of carbonyl (C=O) groups is 1. The maximum Gasteiger partial charge on any atom is 0.262 e. The summed E-state index contributed by atoms with van der Waals surface area (Å²) < 4.78 is 13.8. The first-order valence-corrected chi connectivity index (χ1v) is 12.5. The van der Waals surface area contributed by atoms with Gasteiger partial charge in [0.25, 0.3) is 5.91 Å². The van der Waals surface area contributed by atoms with Crippen LogP contribution in [0.2, 0.25) is 0 Å². The van der Waals surface area contributed by atoms with Gasteiger partial charge in [0, 0.05) is 15.4 Å². The minimum Gasteiger partial charge on any atom is -0.494 e. The summed E-state index contributed by atoms with van der Waals surface area (Å²) in [5.41, 5.74) is 4.85. The normalized spacial score (nSPS) is 13.7. The van der Waals surface area contributed by atoms with Crippen LogP contribution in [0.15, 0.2) is 86.7 Å². The van der Waals surface area contributed by atoms with Crippen molar-refractivity contribution < 1.29 is 14.3 Å². The molecule has 1 aliphatic heterocycles. The molecule has 0 unspecified atom stereocenters. The molecular formula is C26H21BrN4O3S. The van der Waals surface area contributed by atoms with Gasteiger partial charge in [0.2, 0.25) is 4.80 Å². The minimum atomic E-state index is -0.178. The number of benzene rings is 3. The van der Waals surface area contributed by atoms with Crippen LogP contribution >= 0.6 is 27.3 Å². The van der Waals surface area contributed by atoms with E-state index in [-0.39, 0.29) is 12.5 Å². The topological polar surface area (TPSA) is 77.2 Å². The van der Waals surface area contributed by atoms with Crippen LogP contribution in [0, 0.1) is 0 Å². The molecule has 4 aromatic rings. The van der Waals surface area contributed by atoms with Gasteiger partial charge in [-0.1, -0.05) is 40.2 Å². The number of anilines is 1. The monoisotopic (exact) mass is 548 g/mol. The molecule has 1 N–H and O–H groups in total. The third kappa shape index (κ3) is 4.91. The van der Waals surface area contributed by atoms with Crippen molar-refractivity contribution in [2.24, 2.45) is 10.1 Å². The number of aromatic nitrogens is 1. The van der Waals surface area contributed by atoms with E-state index in [1.54, 1.807) is 7.11 Å². The molecule has 1 aromatic heterocycles. The van der Waals surface area contributed by atoms with Crippen molar-refractivity contribution in [1.82, 2.24) is 4.68 Å². The van der Waals surface area contributed by atoms with Gasteiger partial charge in [-0.05, 0) is 55.0 Å². The van der Waals surface area contributed by atoms with E-state index in [0.717, 1.165) is 27.0 Å². The Morgan fingerprint density at radius 2 is 2.00 bits per heavy atom. The van der Waals surface area contributed by atoms with E-state index in [2.05, 4.69) is 21.2 Å². The molecule has 0 spiro atoms. The van der Waals surface area contributed by atoms with E-state index < -0.39 is 0 Å². The fourth-order valence-corrected chi connectivity index (χ4v) is 4.90. The second-order valence-electron chi connectivity index (χ2n) is 7.74. The molecule has 0 aliphatic carbocycles. The predicted molar refractivity (Wildman–Crippen MR) is 142 cm³/mol. The molecule has 0 atom stereocenters. The Labute approximate surface area is 214 Å². The van der Waals surface area contributed by atoms with Crippen LogP contribution in [-0.2, 0) is 4.79 Å².